The molecule has 0 saturated carbocycles. The zero-order valence-electron chi connectivity index (χ0n) is 10.5. The minimum atomic E-state index is 0.207. The molecule has 0 radical (unpaired) electrons. The molecular formula is C13H17BrClN3. The topological polar surface area (TPSA) is 41.6 Å². The van der Waals surface area contributed by atoms with Gasteiger partial charge in [-0.1, -0.05) is 47.4 Å². The molecule has 1 unspecified atom stereocenters. The molecule has 0 amide bonds. The van der Waals surface area contributed by atoms with Gasteiger partial charge in [-0.05, 0) is 23.6 Å². The highest BCUT2D eigenvalue weighted by Gasteiger charge is 2.29. The Bertz CT molecular complexity index is 473. The van der Waals surface area contributed by atoms with E-state index in [2.05, 4.69) is 39.7 Å². The lowest BCUT2D eigenvalue weighted by molar-refractivity contribution is 0.308. The maximum absolute atomic E-state index is 5.98. The Morgan fingerprint density at radius 3 is 2.89 bits per heavy atom. The Balaban J connectivity index is 2.27. The average molecular weight is 331 g/mol. The zero-order valence-corrected chi connectivity index (χ0v) is 12.9. The van der Waals surface area contributed by atoms with E-state index in [9.17, 15) is 0 Å². The van der Waals surface area contributed by atoms with Crippen LogP contribution in [0.2, 0.25) is 5.02 Å². The van der Waals surface area contributed by atoms with Crippen LogP contribution in [0.3, 0.4) is 0 Å². The van der Waals surface area contributed by atoms with Crippen LogP contribution in [0, 0.1) is 5.92 Å². The Kier molecular flexibility index (Phi) is 4.17. The third kappa shape index (κ3) is 2.81. The van der Waals surface area contributed by atoms with E-state index in [1.54, 1.807) is 0 Å². The average Bonchev–Trinajstić information content (AvgIpc) is 2.60. The lowest BCUT2D eigenvalue weighted by atomic mass is 10.1. The number of benzene rings is 1. The summed E-state index contributed by atoms with van der Waals surface area (Å²) in [5.74, 6) is 1.18. The molecule has 98 valence electrons. The van der Waals surface area contributed by atoms with Crippen LogP contribution in [-0.4, -0.2) is 23.9 Å². The first-order valence-corrected chi connectivity index (χ1v) is 7.17. The van der Waals surface area contributed by atoms with Gasteiger partial charge in [-0.2, -0.15) is 0 Å². The molecule has 2 N–H and O–H groups in total. The summed E-state index contributed by atoms with van der Waals surface area (Å²) < 4.78 is 1.01. The first-order chi connectivity index (χ1) is 8.49. The maximum atomic E-state index is 5.98. The smallest absolute Gasteiger partial charge is 0.191 e. The number of guanidine groups is 1. The van der Waals surface area contributed by atoms with E-state index in [1.807, 2.05) is 18.2 Å². The molecule has 0 aromatic heterocycles. The molecule has 1 atom stereocenters. The normalized spacial score (nSPS) is 19.5. The molecule has 1 aliphatic heterocycles. The summed E-state index contributed by atoms with van der Waals surface area (Å²) in [6.07, 6.45) is 0. The number of nitrogens with two attached hydrogens (primary N) is 1. The maximum Gasteiger partial charge on any atom is 0.191 e. The second-order valence-corrected chi connectivity index (χ2v) is 6.22. The van der Waals surface area contributed by atoms with Crippen molar-refractivity contribution in [1.82, 2.24) is 4.90 Å². The highest BCUT2D eigenvalue weighted by atomic mass is 79.9. The molecule has 0 spiro atoms. The molecule has 0 fully saturated rings. The molecule has 3 nitrogen and oxygen atoms in total. The van der Waals surface area contributed by atoms with Crippen molar-refractivity contribution in [2.75, 3.05) is 13.1 Å². The summed E-state index contributed by atoms with van der Waals surface area (Å²) in [7, 11) is 0. The fourth-order valence-corrected chi connectivity index (χ4v) is 3.13. The Morgan fingerprint density at radius 1 is 1.56 bits per heavy atom. The van der Waals surface area contributed by atoms with Crippen molar-refractivity contribution >= 4 is 33.5 Å². The summed E-state index contributed by atoms with van der Waals surface area (Å²) in [6.45, 7) is 5.98. The van der Waals surface area contributed by atoms with E-state index in [0.717, 1.165) is 16.0 Å². The minimum Gasteiger partial charge on any atom is -0.370 e. The van der Waals surface area contributed by atoms with Gasteiger partial charge in [-0.3, -0.25) is 4.99 Å². The molecular weight excluding hydrogens is 314 g/mol. The van der Waals surface area contributed by atoms with Gasteiger partial charge >= 0.3 is 0 Å². The summed E-state index contributed by atoms with van der Waals surface area (Å²) in [4.78, 5) is 6.52. The molecule has 1 heterocycles. The van der Waals surface area contributed by atoms with Crippen LogP contribution in [0.4, 0.5) is 0 Å². The monoisotopic (exact) mass is 329 g/mol. The third-order valence-electron chi connectivity index (χ3n) is 2.98. The van der Waals surface area contributed by atoms with Crippen LogP contribution in [0.1, 0.15) is 25.5 Å². The predicted molar refractivity (Wildman–Crippen MR) is 79.9 cm³/mol. The van der Waals surface area contributed by atoms with Gasteiger partial charge in [-0.15, -0.1) is 0 Å². The second kappa shape index (κ2) is 5.49. The Labute approximate surface area is 121 Å². The minimum absolute atomic E-state index is 0.207. The largest absolute Gasteiger partial charge is 0.370 e. The van der Waals surface area contributed by atoms with Crippen LogP contribution in [-0.2, 0) is 0 Å². The van der Waals surface area contributed by atoms with E-state index in [0.29, 0.717) is 18.4 Å². The van der Waals surface area contributed by atoms with Crippen molar-refractivity contribution in [2.45, 2.75) is 19.9 Å². The van der Waals surface area contributed by atoms with Crippen molar-refractivity contribution < 1.29 is 0 Å². The first kappa shape index (κ1) is 13.7. The van der Waals surface area contributed by atoms with E-state index >= 15 is 0 Å². The molecule has 1 aliphatic rings. The fraction of sp³-hybridized carbons (Fsp3) is 0.462. The highest BCUT2D eigenvalue weighted by molar-refractivity contribution is 9.10. The van der Waals surface area contributed by atoms with E-state index in [1.165, 1.54) is 5.56 Å². The summed E-state index contributed by atoms with van der Waals surface area (Å²) >= 11 is 9.54. The quantitative estimate of drug-likeness (QED) is 0.922. The van der Waals surface area contributed by atoms with Gasteiger partial charge in [0.05, 0.1) is 12.6 Å². The fourth-order valence-electron chi connectivity index (χ4n) is 2.18. The Hall–Kier alpha value is -0.740. The summed E-state index contributed by atoms with van der Waals surface area (Å²) in [6, 6.07) is 6.07. The van der Waals surface area contributed by atoms with Crippen LogP contribution >= 0.6 is 27.5 Å². The predicted octanol–water partition coefficient (Wildman–Crippen LogP) is 3.43. The number of hydrogen-bond donors (Lipinski definition) is 1. The second-order valence-electron chi connectivity index (χ2n) is 4.93. The summed E-state index contributed by atoms with van der Waals surface area (Å²) in [5, 5.41) is 0.730. The van der Waals surface area contributed by atoms with Crippen molar-refractivity contribution in [3.8, 4) is 0 Å². The summed E-state index contributed by atoms with van der Waals surface area (Å²) in [5.41, 5.74) is 7.15. The van der Waals surface area contributed by atoms with Gasteiger partial charge in [-0.25, -0.2) is 0 Å². The molecule has 18 heavy (non-hydrogen) atoms. The molecule has 1 aromatic carbocycles. The van der Waals surface area contributed by atoms with Gasteiger partial charge in [0, 0.05) is 16.0 Å². The number of halogens is 2. The van der Waals surface area contributed by atoms with Crippen molar-refractivity contribution in [1.29, 1.82) is 0 Å². The SMILES string of the molecule is CC(C)CN1C(N)=NCC1c1ccc(Cl)cc1Br. The number of nitrogens with zero attached hydrogens (tertiary/aromatic N) is 2. The van der Waals surface area contributed by atoms with Crippen LogP contribution in [0.15, 0.2) is 27.7 Å². The van der Waals surface area contributed by atoms with Gasteiger partial charge in [0.15, 0.2) is 5.96 Å². The molecule has 2 rings (SSSR count). The van der Waals surface area contributed by atoms with Crippen LogP contribution in [0.25, 0.3) is 0 Å². The number of rotatable bonds is 3. The third-order valence-corrected chi connectivity index (χ3v) is 3.90. The van der Waals surface area contributed by atoms with Gasteiger partial charge in [0.2, 0.25) is 0 Å². The van der Waals surface area contributed by atoms with Gasteiger partial charge in [0.1, 0.15) is 0 Å². The van der Waals surface area contributed by atoms with E-state index < -0.39 is 0 Å². The van der Waals surface area contributed by atoms with Crippen LogP contribution in [0.5, 0.6) is 0 Å². The molecule has 1 aromatic rings. The van der Waals surface area contributed by atoms with Crippen molar-refractivity contribution in [2.24, 2.45) is 16.6 Å². The molecule has 0 bridgehead atoms. The van der Waals surface area contributed by atoms with Gasteiger partial charge < -0.3 is 10.6 Å². The zero-order chi connectivity index (χ0) is 13.3. The number of aliphatic imine (C=N–C) groups is 1. The van der Waals surface area contributed by atoms with E-state index in [-0.39, 0.29) is 6.04 Å². The molecule has 5 heteroatoms. The van der Waals surface area contributed by atoms with Crippen molar-refractivity contribution in [3.05, 3.63) is 33.3 Å². The van der Waals surface area contributed by atoms with Crippen molar-refractivity contribution in [3.63, 3.8) is 0 Å². The Morgan fingerprint density at radius 2 is 2.28 bits per heavy atom. The highest BCUT2D eigenvalue weighted by Crippen LogP contribution is 2.33. The lowest BCUT2D eigenvalue weighted by Crippen LogP contribution is -2.38. The van der Waals surface area contributed by atoms with E-state index in [4.69, 9.17) is 17.3 Å². The lowest BCUT2D eigenvalue weighted by Gasteiger charge is -2.28. The standard InChI is InChI=1S/C13H17BrClN3/c1-8(2)7-18-12(6-17-13(18)16)10-4-3-9(15)5-11(10)14/h3-5,8,12H,6-7H2,1-2H3,(H2,16,17). The molecule has 0 saturated heterocycles. The molecule has 0 aliphatic carbocycles. The van der Waals surface area contributed by atoms with Crippen LogP contribution < -0.4 is 5.73 Å². The first-order valence-electron chi connectivity index (χ1n) is 6.00. The number of hydrogen-bond acceptors (Lipinski definition) is 3. The van der Waals surface area contributed by atoms with Gasteiger partial charge in [0.25, 0.3) is 0 Å².